The van der Waals surface area contributed by atoms with Crippen LogP contribution in [0, 0.1) is 5.82 Å². The summed E-state index contributed by atoms with van der Waals surface area (Å²) in [6, 6.07) is 9.25. The van der Waals surface area contributed by atoms with Gasteiger partial charge in [0.25, 0.3) is 5.91 Å². The molecule has 0 aromatic heterocycles. The molecule has 6 heteroatoms. The van der Waals surface area contributed by atoms with Crippen molar-refractivity contribution in [2.45, 2.75) is 0 Å². The molecular weight excluding hydrogens is 400 g/mol. The number of amides is 1. The number of carbonyl (C=O) groups is 1. The van der Waals surface area contributed by atoms with Crippen LogP contribution in [0.1, 0.15) is 10.4 Å². The van der Waals surface area contributed by atoms with Gasteiger partial charge in [0.15, 0.2) is 0 Å². The zero-order valence-electron chi connectivity index (χ0n) is 9.38. The summed E-state index contributed by atoms with van der Waals surface area (Å²) in [7, 11) is 0. The number of carbonyl (C=O) groups excluding carboxylic acids is 1. The molecule has 0 atom stereocenters. The second kappa shape index (κ2) is 6.03. The lowest BCUT2D eigenvalue weighted by Crippen LogP contribution is -2.12. The molecule has 0 aliphatic heterocycles. The van der Waals surface area contributed by atoms with Crippen molar-refractivity contribution in [2.24, 2.45) is 0 Å². The van der Waals surface area contributed by atoms with Crippen LogP contribution in [0.5, 0.6) is 0 Å². The van der Waals surface area contributed by atoms with E-state index in [1.165, 1.54) is 12.1 Å². The van der Waals surface area contributed by atoms with E-state index in [0.29, 0.717) is 15.2 Å². The third-order valence-electron chi connectivity index (χ3n) is 2.36. The molecule has 98 valence electrons. The fourth-order valence-electron chi connectivity index (χ4n) is 1.43. The fourth-order valence-corrected chi connectivity index (χ4v) is 2.20. The van der Waals surface area contributed by atoms with Crippen molar-refractivity contribution in [3.05, 3.63) is 61.7 Å². The normalized spacial score (nSPS) is 10.3. The average molecular weight is 407 g/mol. The van der Waals surface area contributed by atoms with E-state index in [1.54, 1.807) is 18.2 Å². The number of nitrogens with one attached hydrogen (secondary N) is 1. The van der Waals surface area contributed by atoms with Crippen LogP contribution in [0.2, 0.25) is 5.02 Å². The monoisotopic (exact) mass is 405 g/mol. The maximum atomic E-state index is 13.4. The molecule has 1 amide bonds. The van der Waals surface area contributed by atoms with Gasteiger partial charge in [-0.15, -0.1) is 0 Å². The van der Waals surface area contributed by atoms with Gasteiger partial charge >= 0.3 is 0 Å². The SMILES string of the molecule is O=C(Nc1cc(Br)ccc1Cl)c1ccc(Br)c(F)c1. The summed E-state index contributed by atoms with van der Waals surface area (Å²) < 4.78 is 14.5. The Balaban J connectivity index is 2.25. The molecule has 0 aliphatic rings. The number of halogens is 4. The molecule has 2 nitrogen and oxygen atoms in total. The highest BCUT2D eigenvalue weighted by atomic mass is 79.9. The average Bonchev–Trinajstić information content (AvgIpc) is 2.37. The highest BCUT2D eigenvalue weighted by Gasteiger charge is 2.11. The van der Waals surface area contributed by atoms with E-state index < -0.39 is 11.7 Å². The number of anilines is 1. The first-order valence-corrected chi connectivity index (χ1v) is 7.15. The van der Waals surface area contributed by atoms with E-state index in [2.05, 4.69) is 37.2 Å². The van der Waals surface area contributed by atoms with Gasteiger partial charge in [-0.1, -0.05) is 27.5 Å². The summed E-state index contributed by atoms with van der Waals surface area (Å²) in [5, 5.41) is 3.04. The molecule has 19 heavy (non-hydrogen) atoms. The van der Waals surface area contributed by atoms with Crippen molar-refractivity contribution >= 4 is 55.1 Å². The van der Waals surface area contributed by atoms with E-state index in [1.807, 2.05) is 0 Å². The second-order valence-electron chi connectivity index (χ2n) is 3.71. The minimum atomic E-state index is -0.493. The van der Waals surface area contributed by atoms with Crippen LogP contribution in [-0.2, 0) is 0 Å². The standard InChI is InChI=1S/C13H7Br2ClFNO/c14-8-2-4-10(16)12(6-8)18-13(19)7-1-3-9(15)11(17)5-7/h1-6H,(H,18,19). The topological polar surface area (TPSA) is 29.1 Å². The summed E-state index contributed by atoms with van der Waals surface area (Å²) in [6.07, 6.45) is 0. The van der Waals surface area contributed by atoms with Gasteiger partial charge < -0.3 is 5.32 Å². The van der Waals surface area contributed by atoms with Crippen LogP contribution in [0.3, 0.4) is 0 Å². The first-order chi connectivity index (χ1) is 8.97. The van der Waals surface area contributed by atoms with Gasteiger partial charge in [-0.05, 0) is 52.3 Å². The number of benzene rings is 2. The number of hydrogen-bond donors (Lipinski definition) is 1. The second-order valence-corrected chi connectivity index (χ2v) is 5.88. The highest BCUT2D eigenvalue weighted by Crippen LogP contribution is 2.26. The fraction of sp³-hybridized carbons (Fsp3) is 0. The Hall–Kier alpha value is -0.910. The van der Waals surface area contributed by atoms with E-state index in [0.717, 1.165) is 10.5 Å². The van der Waals surface area contributed by atoms with Crippen molar-refractivity contribution in [3.8, 4) is 0 Å². The van der Waals surface area contributed by atoms with Gasteiger partial charge in [-0.2, -0.15) is 0 Å². The van der Waals surface area contributed by atoms with Crippen LogP contribution in [-0.4, -0.2) is 5.91 Å². The maximum Gasteiger partial charge on any atom is 0.255 e. The van der Waals surface area contributed by atoms with Gasteiger partial charge in [0.2, 0.25) is 0 Å². The Kier molecular flexibility index (Phi) is 4.60. The number of hydrogen-bond acceptors (Lipinski definition) is 1. The first kappa shape index (κ1) is 14.5. The van der Waals surface area contributed by atoms with Crippen LogP contribution in [0.25, 0.3) is 0 Å². The smallest absolute Gasteiger partial charge is 0.255 e. The molecule has 2 aromatic carbocycles. The van der Waals surface area contributed by atoms with Crippen LogP contribution < -0.4 is 5.32 Å². The Labute approximate surface area is 131 Å². The predicted octanol–water partition coefficient (Wildman–Crippen LogP) is 5.26. The van der Waals surface area contributed by atoms with E-state index >= 15 is 0 Å². The molecule has 0 saturated carbocycles. The van der Waals surface area contributed by atoms with Crippen molar-refractivity contribution in [2.75, 3.05) is 5.32 Å². The Morgan fingerprint density at radius 1 is 1.16 bits per heavy atom. The minimum absolute atomic E-state index is 0.219. The highest BCUT2D eigenvalue weighted by molar-refractivity contribution is 9.10. The quantitative estimate of drug-likeness (QED) is 0.723. The van der Waals surface area contributed by atoms with Crippen molar-refractivity contribution < 1.29 is 9.18 Å². The molecule has 0 aliphatic carbocycles. The van der Waals surface area contributed by atoms with Gasteiger partial charge in [0.05, 0.1) is 15.2 Å². The molecule has 0 unspecified atom stereocenters. The van der Waals surface area contributed by atoms with Gasteiger partial charge in [0.1, 0.15) is 5.82 Å². The summed E-state index contributed by atoms with van der Waals surface area (Å²) in [5.74, 6) is -0.917. The Morgan fingerprint density at radius 3 is 2.58 bits per heavy atom. The van der Waals surface area contributed by atoms with Crippen molar-refractivity contribution in [3.63, 3.8) is 0 Å². The van der Waals surface area contributed by atoms with Crippen LogP contribution in [0.15, 0.2) is 45.3 Å². The molecule has 2 aromatic rings. The molecule has 0 radical (unpaired) electrons. The summed E-state index contributed by atoms with van der Waals surface area (Å²) in [5.41, 5.74) is 0.682. The molecular formula is C13H7Br2ClFNO. The van der Waals surface area contributed by atoms with E-state index in [4.69, 9.17) is 11.6 Å². The molecule has 2 rings (SSSR count). The molecule has 0 saturated heterocycles. The molecule has 0 heterocycles. The lowest BCUT2D eigenvalue weighted by Gasteiger charge is -2.08. The van der Waals surface area contributed by atoms with Gasteiger partial charge in [0, 0.05) is 10.0 Å². The predicted molar refractivity (Wildman–Crippen MR) is 81.2 cm³/mol. The summed E-state index contributed by atoms with van der Waals surface area (Å²) in [6.45, 7) is 0. The molecule has 0 fully saturated rings. The minimum Gasteiger partial charge on any atom is -0.321 e. The van der Waals surface area contributed by atoms with E-state index in [9.17, 15) is 9.18 Å². The third kappa shape index (κ3) is 3.55. The molecule has 0 bridgehead atoms. The van der Waals surface area contributed by atoms with Crippen LogP contribution >= 0.6 is 43.5 Å². The third-order valence-corrected chi connectivity index (χ3v) is 3.82. The van der Waals surface area contributed by atoms with Crippen LogP contribution in [0.4, 0.5) is 10.1 Å². The summed E-state index contributed by atoms with van der Waals surface area (Å²) in [4.78, 5) is 12.0. The lowest BCUT2D eigenvalue weighted by atomic mass is 10.2. The Morgan fingerprint density at radius 2 is 1.89 bits per heavy atom. The van der Waals surface area contributed by atoms with Gasteiger partial charge in [-0.25, -0.2) is 4.39 Å². The zero-order chi connectivity index (χ0) is 14.0. The van der Waals surface area contributed by atoms with Crippen molar-refractivity contribution in [1.29, 1.82) is 0 Å². The van der Waals surface area contributed by atoms with Gasteiger partial charge in [-0.3, -0.25) is 4.79 Å². The maximum absolute atomic E-state index is 13.4. The molecule has 0 spiro atoms. The zero-order valence-corrected chi connectivity index (χ0v) is 13.3. The Bertz CT molecular complexity index is 649. The lowest BCUT2D eigenvalue weighted by molar-refractivity contribution is 0.102. The molecule has 1 N–H and O–H groups in total. The van der Waals surface area contributed by atoms with Crippen molar-refractivity contribution in [1.82, 2.24) is 0 Å². The first-order valence-electron chi connectivity index (χ1n) is 5.19. The van der Waals surface area contributed by atoms with E-state index in [-0.39, 0.29) is 5.56 Å². The largest absolute Gasteiger partial charge is 0.321 e. The summed E-state index contributed by atoms with van der Waals surface area (Å²) >= 11 is 12.3. The number of rotatable bonds is 2.